The molecule has 0 heterocycles. The van der Waals surface area contributed by atoms with Gasteiger partial charge in [0.05, 0.1) is 12.2 Å². The first-order valence-corrected chi connectivity index (χ1v) is 5.59. The average molecular weight is 206 g/mol. The second kappa shape index (κ2) is 4.23. The van der Waals surface area contributed by atoms with Gasteiger partial charge in [-0.1, -0.05) is 17.7 Å². The lowest BCUT2D eigenvalue weighted by Gasteiger charge is -2.13. The molecule has 0 aliphatic heterocycles. The summed E-state index contributed by atoms with van der Waals surface area (Å²) >= 11 is 0. The minimum atomic E-state index is -0.312. The zero-order valence-electron chi connectivity index (χ0n) is 9.36. The van der Waals surface area contributed by atoms with Crippen LogP contribution in [-0.4, -0.2) is 17.3 Å². The fourth-order valence-corrected chi connectivity index (χ4v) is 1.67. The van der Waals surface area contributed by atoms with E-state index in [-0.39, 0.29) is 6.10 Å². The van der Waals surface area contributed by atoms with E-state index in [0.717, 1.165) is 11.3 Å². The fraction of sp³-hybridized carbons (Fsp3) is 0.538. The van der Waals surface area contributed by atoms with Gasteiger partial charge < -0.3 is 9.84 Å². The van der Waals surface area contributed by atoms with Crippen molar-refractivity contribution in [2.75, 3.05) is 0 Å². The molecule has 0 radical (unpaired) electrons. The van der Waals surface area contributed by atoms with E-state index in [1.165, 1.54) is 18.4 Å². The highest BCUT2D eigenvalue weighted by molar-refractivity contribution is 5.37. The Labute approximate surface area is 90.9 Å². The van der Waals surface area contributed by atoms with Crippen molar-refractivity contribution in [3.8, 4) is 5.75 Å². The van der Waals surface area contributed by atoms with Crippen LogP contribution >= 0.6 is 0 Å². The van der Waals surface area contributed by atoms with Gasteiger partial charge in [-0.05, 0) is 38.3 Å². The van der Waals surface area contributed by atoms with E-state index in [4.69, 9.17) is 4.74 Å². The van der Waals surface area contributed by atoms with Crippen molar-refractivity contribution in [3.05, 3.63) is 29.3 Å². The molecule has 2 nitrogen and oxygen atoms in total. The van der Waals surface area contributed by atoms with Crippen molar-refractivity contribution in [1.29, 1.82) is 0 Å². The van der Waals surface area contributed by atoms with Gasteiger partial charge in [-0.15, -0.1) is 0 Å². The molecule has 1 unspecified atom stereocenters. The molecule has 1 saturated carbocycles. The van der Waals surface area contributed by atoms with Gasteiger partial charge in [-0.25, -0.2) is 0 Å². The van der Waals surface area contributed by atoms with Gasteiger partial charge in [0, 0.05) is 6.42 Å². The van der Waals surface area contributed by atoms with Crippen LogP contribution in [0.5, 0.6) is 5.75 Å². The first-order valence-electron chi connectivity index (χ1n) is 5.59. The molecule has 0 saturated heterocycles. The normalized spacial score (nSPS) is 17.5. The lowest BCUT2D eigenvalue weighted by atomic mass is 10.0. The zero-order chi connectivity index (χ0) is 10.8. The summed E-state index contributed by atoms with van der Waals surface area (Å²) in [4.78, 5) is 0. The molecule has 2 heteroatoms. The van der Waals surface area contributed by atoms with Gasteiger partial charge >= 0.3 is 0 Å². The third-order valence-corrected chi connectivity index (χ3v) is 2.55. The molecule has 1 fully saturated rings. The molecule has 82 valence electrons. The lowest BCUT2D eigenvalue weighted by molar-refractivity contribution is 0.193. The summed E-state index contributed by atoms with van der Waals surface area (Å²) < 4.78 is 5.80. The molecule has 1 aromatic carbocycles. The van der Waals surface area contributed by atoms with E-state index in [1.54, 1.807) is 0 Å². The van der Waals surface area contributed by atoms with Gasteiger partial charge in [-0.3, -0.25) is 0 Å². The standard InChI is InChI=1S/C13H18O2/c1-9-3-6-13(15-12-4-5-12)11(7-9)8-10(2)14/h3,6-7,10,12,14H,4-5,8H2,1-2H3. The van der Waals surface area contributed by atoms with Crippen LogP contribution in [0, 0.1) is 6.92 Å². The third-order valence-electron chi connectivity index (χ3n) is 2.55. The summed E-state index contributed by atoms with van der Waals surface area (Å²) in [6.07, 6.45) is 3.11. The van der Waals surface area contributed by atoms with Crippen LogP contribution in [0.4, 0.5) is 0 Å². The SMILES string of the molecule is Cc1ccc(OC2CC2)c(CC(C)O)c1. The molecule has 1 N–H and O–H groups in total. The van der Waals surface area contributed by atoms with E-state index < -0.39 is 0 Å². The predicted molar refractivity (Wildman–Crippen MR) is 60.2 cm³/mol. The monoisotopic (exact) mass is 206 g/mol. The van der Waals surface area contributed by atoms with Crippen LogP contribution in [0.25, 0.3) is 0 Å². The first-order chi connectivity index (χ1) is 7.15. The summed E-state index contributed by atoms with van der Waals surface area (Å²) in [7, 11) is 0. The van der Waals surface area contributed by atoms with E-state index in [9.17, 15) is 5.11 Å². The maximum Gasteiger partial charge on any atom is 0.123 e. The molecule has 1 aliphatic rings. The number of ether oxygens (including phenoxy) is 1. The zero-order valence-corrected chi connectivity index (χ0v) is 9.36. The van der Waals surface area contributed by atoms with Crippen molar-refractivity contribution in [2.45, 2.75) is 45.3 Å². The smallest absolute Gasteiger partial charge is 0.123 e. The van der Waals surface area contributed by atoms with Crippen molar-refractivity contribution in [1.82, 2.24) is 0 Å². The molecule has 2 rings (SSSR count). The maximum absolute atomic E-state index is 9.42. The number of aliphatic hydroxyl groups excluding tert-OH is 1. The number of aryl methyl sites for hydroxylation is 1. The lowest BCUT2D eigenvalue weighted by Crippen LogP contribution is -2.07. The molecule has 15 heavy (non-hydrogen) atoms. The summed E-state index contributed by atoms with van der Waals surface area (Å²) in [5.74, 6) is 0.948. The quantitative estimate of drug-likeness (QED) is 0.820. The molecule has 1 atom stereocenters. The Morgan fingerprint density at radius 3 is 2.80 bits per heavy atom. The van der Waals surface area contributed by atoms with Crippen molar-refractivity contribution >= 4 is 0 Å². The van der Waals surface area contributed by atoms with Crippen LogP contribution < -0.4 is 4.74 Å². The van der Waals surface area contributed by atoms with Gasteiger partial charge in [0.15, 0.2) is 0 Å². The Kier molecular flexibility index (Phi) is 2.96. The Bertz CT molecular complexity index is 340. The fourth-order valence-electron chi connectivity index (χ4n) is 1.67. The minimum Gasteiger partial charge on any atom is -0.490 e. The molecule has 0 aromatic heterocycles. The van der Waals surface area contributed by atoms with Crippen molar-refractivity contribution in [2.24, 2.45) is 0 Å². The van der Waals surface area contributed by atoms with Crippen LogP contribution in [-0.2, 0) is 6.42 Å². The van der Waals surface area contributed by atoms with Gasteiger partial charge in [0.1, 0.15) is 5.75 Å². The van der Waals surface area contributed by atoms with Crippen molar-refractivity contribution in [3.63, 3.8) is 0 Å². The Hall–Kier alpha value is -1.02. The highest BCUT2D eigenvalue weighted by Crippen LogP contribution is 2.30. The van der Waals surface area contributed by atoms with E-state index in [2.05, 4.69) is 19.1 Å². The highest BCUT2D eigenvalue weighted by Gasteiger charge is 2.24. The second-order valence-electron chi connectivity index (χ2n) is 4.48. The summed E-state index contributed by atoms with van der Waals surface area (Å²) in [5.41, 5.74) is 2.34. The largest absolute Gasteiger partial charge is 0.490 e. The van der Waals surface area contributed by atoms with Crippen molar-refractivity contribution < 1.29 is 9.84 Å². The first kappa shape index (κ1) is 10.5. The van der Waals surface area contributed by atoms with Crippen LogP contribution in [0.1, 0.15) is 30.9 Å². The molecule has 0 amide bonds. The third kappa shape index (κ3) is 2.96. The number of hydrogen-bond donors (Lipinski definition) is 1. The van der Waals surface area contributed by atoms with Crippen LogP contribution in [0.2, 0.25) is 0 Å². The van der Waals surface area contributed by atoms with E-state index in [0.29, 0.717) is 12.5 Å². The molecule has 0 spiro atoms. The Balaban J connectivity index is 2.17. The summed E-state index contributed by atoms with van der Waals surface area (Å²) in [5, 5.41) is 9.42. The van der Waals surface area contributed by atoms with Gasteiger partial charge in [-0.2, -0.15) is 0 Å². The Morgan fingerprint density at radius 2 is 2.20 bits per heavy atom. The number of rotatable bonds is 4. The maximum atomic E-state index is 9.42. The molecule has 1 aliphatic carbocycles. The summed E-state index contributed by atoms with van der Waals surface area (Å²) in [6.45, 7) is 3.87. The second-order valence-corrected chi connectivity index (χ2v) is 4.48. The number of aliphatic hydroxyl groups is 1. The topological polar surface area (TPSA) is 29.5 Å². The molecule has 1 aromatic rings. The average Bonchev–Trinajstić information content (AvgIpc) is 2.92. The Morgan fingerprint density at radius 1 is 1.47 bits per heavy atom. The molecular formula is C13H18O2. The van der Waals surface area contributed by atoms with E-state index in [1.807, 2.05) is 13.0 Å². The predicted octanol–water partition coefficient (Wildman–Crippen LogP) is 2.46. The number of hydrogen-bond acceptors (Lipinski definition) is 2. The highest BCUT2D eigenvalue weighted by atomic mass is 16.5. The van der Waals surface area contributed by atoms with Gasteiger partial charge in [0.2, 0.25) is 0 Å². The van der Waals surface area contributed by atoms with E-state index >= 15 is 0 Å². The summed E-state index contributed by atoms with van der Waals surface area (Å²) in [6, 6.07) is 6.18. The molecule has 0 bridgehead atoms. The number of benzene rings is 1. The van der Waals surface area contributed by atoms with Crippen LogP contribution in [0.15, 0.2) is 18.2 Å². The minimum absolute atomic E-state index is 0.312. The van der Waals surface area contributed by atoms with Gasteiger partial charge in [0.25, 0.3) is 0 Å². The van der Waals surface area contributed by atoms with Crippen LogP contribution in [0.3, 0.4) is 0 Å². The molecular weight excluding hydrogens is 188 g/mol.